The first-order chi connectivity index (χ1) is 13.5. The molecule has 0 saturated carbocycles. The van der Waals surface area contributed by atoms with Gasteiger partial charge in [0.05, 0.1) is 37.0 Å². The summed E-state index contributed by atoms with van der Waals surface area (Å²) in [5, 5.41) is 9.17. The Hall–Kier alpha value is -2.84. The molecule has 0 fully saturated rings. The minimum atomic E-state index is -0.524. The Kier molecular flexibility index (Phi) is 6.01. The van der Waals surface area contributed by atoms with Crippen LogP contribution in [0.25, 0.3) is 5.57 Å². The van der Waals surface area contributed by atoms with Gasteiger partial charge in [0.15, 0.2) is 11.5 Å². The summed E-state index contributed by atoms with van der Waals surface area (Å²) in [7, 11) is 2.98. The van der Waals surface area contributed by atoms with E-state index in [0.717, 1.165) is 16.7 Å². The van der Waals surface area contributed by atoms with Gasteiger partial charge in [0, 0.05) is 5.75 Å². The minimum absolute atomic E-state index is 0.147. The van der Waals surface area contributed by atoms with Crippen molar-refractivity contribution in [1.29, 1.82) is 0 Å². The second-order valence-electron chi connectivity index (χ2n) is 5.77. The standard InChI is InChI=1S/C20H18FNO5S/c1-26-15-8-3-12(11-16(15)27-2)17-18(28-10-9-23)20(25)22(19(17)24)14-6-4-13(21)5-7-14/h3-8,11,23H,9-10H2,1-2H3. The van der Waals surface area contributed by atoms with Crippen LogP contribution in [0.5, 0.6) is 11.5 Å². The third kappa shape index (κ3) is 3.61. The van der Waals surface area contributed by atoms with E-state index in [1.165, 1.54) is 38.5 Å². The topological polar surface area (TPSA) is 76.1 Å². The van der Waals surface area contributed by atoms with Gasteiger partial charge in [0.25, 0.3) is 11.8 Å². The third-order valence-corrected chi connectivity index (χ3v) is 5.19. The van der Waals surface area contributed by atoms with Gasteiger partial charge in [-0.25, -0.2) is 9.29 Å². The van der Waals surface area contributed by atoms with Gasteiger partial charge < -0.3 is 14.6 Å². The predicted molar refractivity (Wildman–Crippen MR) is 105 cm³/mol. The number of imide groups is 1. The maximum absolute atomic E-state index is 13.3. The van der Waals surface area contributed by atoms with Gasteiger partial charge in [-0.1, -0.05) is 6.07 Å². The highest BCUT2D eigenvalue weighted by atomic mass is 32.2. The molecule has 2 amide bonds. The number of methoxy groups -OCH3 is 2. The van der Waals surface area contributed by atoms with Gasteiger partial charge in [-0.15, -0.1) is 11.8 Å². The average Bonchev–Trinajstić information content (AvgIpc) is 2.96. The quantitative estimate of drug-likeness (QED) is 0.717. The highest BCUT2D eigenvalue weighted by Crippen LogP contribution is 2.40. The fourth-order valence-corrected chi connectivity index (χ4v) is 3.72. The molecule has 6 nitrogen and oxygen atoms in total. The first-order valence-corrected chi connectivity index (χ1v) is 9.35. The third-order valence-electron chi connectivity index (χ3n) is 4.14. The lowest BCUT2D eigenvalue weighted by Crippen LogP contribution is -2.31. The molecule has 0 bridgehead atoms. The molecule has 1 heterocycles. The van der Waals surface area contributed by atoms with Gasteiger partial charge >= 0.3 is 0 Å². The van der Waals surface area contributed by atoms with Gasteiger partial charge in [0.2, 0.25) is 0 Å². The molecule has 146 valence electrons. The lowest BCUT2D eigenvalue weighted by atomic mass is 10.1. The second-order valence-corrected chi connectivity index (χ2v) is 6.87. The van der Waals surface area contributed by atoms with E-state index >= 15 is 0 Å². The maximum atomic E-state index is 13.3. The molecule has 2 aromatic rings. The summed E-state index contributed by atoms with van der Waals surface area (Å²) in [6.07, 6.45) is 0. The summed E-state index contributed by atoms with van der Waals surface area (Å²) < 4.78 is 23.8. The number of carbonyl (C=O) groups is 2. The van der Waals surface area contributed by atoms with Crippen molar-refractivity contribution in [3.8, 4) is 11.5 Å². The number of aliphatic hydroxyl groups excluding tert-OH is 1. The maximum Gasteiger partial charge on any atom is 0.272 e. The van der Waals surface area contributed by atoms with Crippen LogP contribution in [-0.2, 0) is 9.59 Å². The van der Waals surface area contributed by atoms with Crippen molar-refractivity contribution in [1.82, 2.24) is 0 Å². The van der Waals surface area contributed by atoms with Gasteiger partial charge in [-0.3, -0.25) is 9.59 Å². The van der Waals surface area contributed by atoms with Crippen molar-refractivity contribution in [2.45, 2.75) is 0 Å². The van der Waals surface area contributed by atoms with Crippen LogP contribution in [0, 0.1) is 5.82 Å². The molecule has 0 saturated heterocycles. The number of hydrogen-bond acceptors (Lipinski definition) is 6. The lowest BCUT2D eigenvalue weighted by molar-refractivity contribution is -0.119. The zero-order chi connectivity index (χ0) is 20.3. The second kappa shape index (κ2) is 8.45. The molecule has 0 aliphatic carbocycles. The summed E-state index contributed by atoms with van der Waals surface area (Å²) in [6, 6.07) is 10.0. The van der Waals surface area contributed by atoms with E-state index in [1.807, 2.05) is 0 Å². The Morgan fingerprint density at radius 2 is 1.68 bits per heavy atom. The average molecular weight is 403 g/mol. The molecule has 1 aliphatic heterocycles. The highest BCUT2D eigenvalue weighted by Gasteiger charge is 2.40. The number of halogens is 1. The van der Waals surface area contributed by atoms with Crippen LogP contribution in [0.1, 0.15) is 5.56 Å². The molecule has 3 rings (SSSR count). The Morgan fingerprint density at radius 1 is 1.00 bits per heavy atom. The molecular formula is C20H18FNO5S. The Balaban J connectivity index is 2.09. The van der Waals surface area contributed by atoms with Crippen LogP contribution in [-0.4, -0.2) is 43.5 Å². The van der Waals surface area contributed by atoms with E-state index < -0.39 is 17.6 Å². The smallest absolute Gasteiger partial charge is 0.272 e. The van der Waals surface area contributed by atoms with Crippen molar-refractivity contribution in [3.63, 3.8) is 0 Å². The zero-order valence-corrected chi connectivity index (χ0v) is 16.1. The fraction of sp³-hybridized carbons (Fsp3) is 0.200. The number of nitrogens with zero attached hydrogens (tertiary/aromatic N) is 1. The largest absolute Gasteiger partial charge is 0.493 e. The van der Waals surface area contributed by atoms with E-state index in [1.54, 1.807) is 18.2 Å². The highest BCUT2D eigenvalue weighted by molar-refractivity contribution is 8.04. The fourth-order valence-electron chi connectivity index (χ4n) is 2.86. The molecule has 0 aromatic heterocycles. The molecular weight excluding hydrogens is 385 g/mol. The molecule has 0 atom stereocenters. The molecule has 1 aliphatic rings. The van der Waals surface area contributed by atoms with E-state index in [9.17, 15) is 14.0 Å². The Labute approximate surface area is 165 Å². The van der Waals surface area contributed by atoms with Gasteiger partial charge in [-0.05, 0) is 42.0 Å². The molecule has 8 heteroatoms. The van der Waals surface area contributed by atoms with Crippen LogP contribution >= 0.6 is 11.8 Å². The summed E-state index contributed by atoms with van der Waals surface area (Å²) >= 11 is 1.10. The summed E-state index contributed by atoms with van der Waals surface area (Å²) in [4.78, 5) is 27.3. The number of carbonyl (C=O) groups excluding carboxylic acids is 2. The Bertz CT molecular complexity index is 942. The first kappa shape index (κ1) is 19.9. The number of anilines is 1. The number of rotatable bonds is 7. The molecule has 28 heavy (non-hydrogen) atoms. The van der Waals surface area contributed by atoms with Crippen molar-refractivity contribution >= 4 is 34.8 Å². The monoisotopic (exact) mass is 403 g/mol. The first-order valence-electron chi connectivity index (χ1n) is 8.36. The zero-order valence-electron chi connectivity index (χ0n) is 15.3. The summed E-state index contributed by atoms with van der Waals surface area (Å²) in [5.41, 5.74) is 0.962. The van der Waals surface area contributed by atoms with Crippen LogP contribution in [0.15, 0.2) is 47.4 Å². The number of aliphatic hydroxyl groups is 1. The van der Waals surface area contributed by atoms with E-state index in [0.29, 0.717) is 17.1 Å². The molecule has 0 radical (unpaired) electrons. The number of amides is 2. The van der Waals surface area contributed by atoms with E-state index in [4.69, 9.17) is 14.6 Å². The molecule has 0 unspecified atom stereocenters. The van der Waals surface area contributed by atoms with Crippen LogP contribution in [0.3, 0.4) is 0 Å². The number of ether oxygens (including phenoxy) is 2. The van der Waals surface area contributed by atoms with E-state index in [2.05, 4.69) is 0 Å². The number of hydrogen-bond donors (Lipinski definition) is 1. The van der Waals surface area contributed by atoms with Crippen molar-refractivity contribution in [2.75, 3.05) is 31.5 Å². The summed E-state index contributed by atoms with van der Waals surface area (Å²) in [6.45, 7) is -0.147. The van der Waals surface area contributed by atoms with Crippen LogP contribution < -0.4 is 14.4 Å². The van der Waals surface area contributed by atoms with Gasteiger partial charge in [0.1, 0.15) is 5.82 Å². The normalized spacial score (nSPS) is 14.1. The van der Waals surface area contributed by atoms with Crippen molar-refractivity contribution in [3.05, 3.63) is 58.8 Å². The van der Waals surface area contributed by atoms with Crippen molar-refractivity contribution < 1.29 is 28.6 Å². The Morgan fingerprint density at radius 3 is 2.29 bits per heavy atom. The predicted octanol–water partition coefficient (Wildman–Crippen LogP) is 2.85. The lowest BCUT2D eigenvalue weighted by Gasteiger charge is -2.15. The van der Waals surface area contributed by atoms with Crippen LogP contribution in [0.4, 0.5) is 10.1 Å². The molecule has 2 aromatic carbocycles. The summed E-state index contributed by atoms with van der Waals surface area (Å²) in [5.74, 6) is -0.347. The van der Waals surface area contributed by atoms with Crippen LogP contribution in [0.2, 0.25) is 0 Å². The van der Waals surface area contributed by atoms with E-state index in [-0.39, 0.29) is 28.5 Å². The SMILES string of the molecule is COc1ccc(C2=C(SCCO)C(=O)N(c3ccc(F)cc3)C2=O)cc1OC. The number of thioether (sulfide) groups is 1. The number of benzene rings is 2. The van der Waals surface area contributed by atoms with Crippen molar-refractivity contribution in [2.24, 2.45) is 0 Å². The molecule has 0 spiro atoms. The van der Waals surface area contributed by atoms with Gasteiger partial charge in [-0.2, -0.15) is 0 Å². The minimum Gasteiger partial charge on any atom is -0.493 e. The molecule has 1 N–H and O–H groups in total.